The van der Waals surface area contributed by atoms with Gasteiger partial charge in [0.1, 0.15) is 11.5 Å². The van der Waals surface area contributed by atoms with Crippen molar-refractivity contribution in [2.24, 2.45) is 7.05 Å². The van der Waals surface area contributed by atoms with Gasteiger partial charge in [0.2, 0.25) is 0 Å². The van der Waals surface area contributed by atoms with Gasteiger partial charge >= 0.3 is 0 Å². The maximum atomic E-state index is 14.2. The lowest BCUT2D eigenvalue weighted by atomic mass is 9.85. The molecule has 37 heavy (non-hydrogen) atoms. The van der Waals surface area contributed by atoms with E-state index in [1.807, 2.05) is 42.5 Å². The summed E-state index contributed by atoms with van der Waals surface area (Å²) in [5, 5.41) is 13.4. The number of Topliss-reactive ketones (excluding diaryl/α,β-unsaturated/α-hetero) is 1. The second-order valence-corrected chi connectivity index (χ2v) is 10.0. The number of para-hydroxylation sites is 1. The topological polar surface area (TPSA) is 71.8 Å². The Morgan fingerprint density at radius 3 is 2.38 bits per heavy atom. The summed E-state index contributed by atoms with van der Waals surface area (Å²) in [6.07, 6.45) is 0. The van der Waals surface area contributed by atoms with Crippen LogP contribution >= 0.6 is 11.8 Å². The van der Waals surface area contributed by atoms with Gasteiger partial charge in [-0.25, -0.2) is 0 Å². The lowest BCUT2D eigenvalue weighted by Gasteiger charge is -2.33. The van der Waals surface area contributed by atoms with Crippen molar-refractivity contribution in [3.05, 3.63) is 117 Å². The predicted octanol–water partition coefficient (Wildman–Crippen LogP) is 5.63. The Morgan fingerprint density at radius 2 is 1.65 bits per heavy atom. The number of aryl methyl sites for hydroxylation is 1. The minimum absolute atomic E-state index is 0.0919. The van der Waals surface area contributed by atoms with E-state index < -0.39 is 0 Å². The van der Waals surface area contributed by atoms with Crippen LogP contribution in [-0.2, 0) is 7.05 Å². The Morgan fingerprint density at radius 1 is 0.946 bits per heavy atom. The van der Waals surface area contributed by atoms with Crippen molar-refractivity contribution in [1.29, 1.82) is 0 Å². The van der Waals surface area contributed by atoms with E-state index in [0.717, 1.165) is 27.4 Å². The molecule has 0 saturated carbocycles. The van der Waals surface area contributed by atoms with Crippen LogP contribution in [-0.4, -0.2) is 34.9 Å². The second kappa shape index (κ2) is 9.01. The standard InChI is InChI=1S/C30H24N2O4S/c1-31-22-11-7-6-10-21(22)26-24(29(31)35)23(27(33)18-8-4-3-5-9-18)25(30-32(26)16-17-37-30)28(34)19-12-14-20(36-2)15-13-19/h3-15,33H,16-17H2,1-2H3. The van der Waals surface area contributed by atoms with Crippen LogP contribution < -0.4 is 15.2 Å². The van der Waals surface area contributed by atoms with Crippen LogP contribution in [0.1, 0.15) is 21.5 Å². The minimum Gasteiger partial charge on any atom is -0.507 e. The third-order valence-electron chi connectivity index (χ3n) is 6.92. The molecule has 0 bridgehead atoms. The van der Waals surface area contributed by atoms with E-state index in [2.05, 4.69) is 4.90 Å². The van der Waals surface area contributed by atoms with Crippen LogP contribution in [0.15, 0.2) is 94.3 Å². The van der Waals surface area contributed by atoms with Crippen molar-refractivity contribution >= 4 is 45.5 Å². The largest absolute Gasteiger partial charge is 0.507 e. The molecule has 0 spiro atoms. The van der Waals surface area contributed by atoms with E-state index in [-0.39, 0.29) is 22.7 Å². The molecule has 0 radical (unpaired) electrons. The van der Waals surface area contributed by atoms with Crippen LogP contribution in [0.5, 0.6) is 5.75 Å². The summed E-state index contributed by atoms with van der Waals surface area (Å²) in [4.78, 5) is 30.2. The zero-order valence-electron chi connectivity index (χ0n) is 20.4. The maximum Gasteiger partial charge on any atom is 0.260 e. The third kappa shape index (κ3) is 3.57. The molecule has 3 aromatic carbocycles. The predicted molar refractivity (Wildman–Crippen MR) is 149 cm³/mol. The van der Waals surface area contributed by atoms with E-state index >= 15 is 0 Å². The Bertz CT molecular complexity index is 1690. The number of pyridine rings is 1. The second-order valence-electron chi connectivity index (χ2n) is 8.93. The number of aliphatic hydroxyl groups is 1. The lowest BCUT2D eigenvalue weighted by molar-refractivity contribution is 0.103. The number of nitrogens with zero attached hydrogens (tertiary/aromatic N) is 2. The Kier molecular flexibility index (Phi) is 5.65. The fraction of sp³-hybridized carbons (Fsp3) is 0.133. The van der Waals surface area contributed by atoms with Gasteiger partial charge in [-0.05, 0) is 30.3 Å². The Labute approximate surface area is 218 Å². The number of methoxy groups -OCH3 is 1. The van der Waals surface area contributed by atoms with E-state index in [0.29, 0.717) is 34.6 Å². The third-order valence-corrected chi connectivity index (χ3v) is 8.01. The fourth-order valence-electron chi connectivity index (χ4n) is 5.13. The summed E-state index contributed by atoms with van der Waals surface area (Å²) < 4.78 is 6.86. The summed E-state index contributed by atoms with van der Waals surface area (Å²) >= 11 is 1.57. The number of carbonyl (C=O) groups excluding carboxylic acids is 1. The quantitative estimate of drug-likeness (QED) is 0.284. The van der Waals surface area contributed by atoms with Crippen LogP contribution in [0.3, 0.4) is 0 Å². The molecule has 1 N–H and O–H groups in total. The molecule has 0 unspecified atom stereocenters. The summed E-state index contributed by atoms with van der Waals surface area (Å²) in [5.74, 6) is 1.06. The normalized spacial score (nSPS) is 16.0. The van der Waals surface area contributed by atoms with Crippen LogP contribution in [0.25, 0.3) is 22.2 Å². The van der Waals surface area contributed by atoms with Gasteiger partial charge in [0.15, 0.2) is 5.78 Å². The molecule has 0 amide bonds. The van der Waals surface area contributed by atoms with Gasteiger partial charge in [-0.2, -0.15) is 0 Å². The summed E-state index contributed by atoms with van der Waals surface area (Å²) in [6.45, 7) is 0.656. The number of anilines is 1. The minimum atomic E-state index is -0.262. The number of fused-ring (bicyclic) bond motifs is 5. The number of aliphatic hydroxyl groups excluding tert-OH is 1. The first kappa shape index (κ1) is 23.2. The monoisotopic (exact) mass is 508 g/mol. The molecule has 3 heterocycles. The van der Waals surface area contributed by atoms with Crippen molar-refractivity contribution in [3.8, 4) is 5.75 Å². The van der Waals surface area contributed by atoms with E-state index in [9.17, 15) is 14.7 Å². The number of aromatic nitrogens is 1. The van der Waals surface area contributed by atoms with Crippen molar-refractivity contribution in [3.63, 3.8) is 0 Å². The van der Waals surface area contributed by atoms with Crippen LogP contribution in [0.4, 0.5) is 5.69 Å². The highest BCUT2D eigenvalue weighted by atomic mass is 32.2. The highest BCUT2D eigenvalue weighted by molar-refractivity contribution is 8.03. The highest BCUT2D eigenvalue weighted by Gasteiger charge is 2.40. The number of ketones is 1. The van der Waals surface area contributed by atoms with Crippen LogP contribution in [0.2, 0.25) is 0 Å². The molecule has 7 heteroatoms. The molecule has 1 aromatic heterocycles. The molecule has 184 valence electrons. The Balaban J connectivity index is 1.72. The molecule has 2 aliphatic rings. The van der Waals surface area contributed by atoms with Crippen molar-refractivity contribution in [1.82, 2.24) is 4.57 Å². The van der Waals surface area contributed by atoms with Crippen LogP contribution in [0, 0.1) is 0 Å². The van der Waals surface area contributed by atoms with Crippen molar-refractivity contribution < 1.29 is 14.6 Å². The van der Waals surface area contributed by atoms with Gasteiger partial charge in [-0.3, -0.25) is 9.59 Å². The molecular formula is C30H24N2O4S. The summed E-state index contributed by atoms with van der Waals surface area (Å²) in [7, 11) is 3.30. The number of thioether (sulfide) groups is 1. The smallest absolute Gasteiger partial charge is 0.260 e. The number of rotatable bonds is 4. The first-order chi connectivity index (χ1) is 18.0. The molecule has 0 atom stereocenters. The first-order valence-electron chi connectivity index (χ1n) is 12.0. The number of benzene rings is 3. The lowest BCUT2D eigenvalue weighted by Crippen LogP contribution is -2.33. The average Bonchev–Trinajstić information content (AvgIpc) is 3.44. The van der Waals surface area contributed by atoms with Crippen molar-refractivity contribution in [2.45, 2.75) is 0 Å². The summed E-state index contributed by atoms with van der Waals surface area (Å²) in [6, 6.07) is 23.7. The SMILES string of the molecule is COc1ccc(C(=O)C2=C3SCCN3c3c(c(=O)n(C)c4ccccc34)C2=C(O)c2ccccc2)cc1. The molecule has 0 aliphatic carbocycles. The average molecular weight is 509 g/mol. The number of carbonyl (C=O) groups is 1. The molecule has 1 saturated heterocycles. The van der Waals surface area contributed by atoms with Gasteiger partial charge in [0, 0.05) is 41.4 Å². The maximum absolute atomic E-state index is 14.2. The van der Waals surface area contributed by atoms with E-state index in [1.54, 1.807) is 66.9 Å². The van der Waals surface area contributed by atoms with E-state index in [1.165, 1.54) is 0 Å². The molecule has 6 nitrogen and oxygen atoms in total. The first-order valence-corrected chi connectivity index (χ1v) is 12.9. The molecular weight excluding hydrogens is 484 g/mol. The molecule has 6 rings (SSSR count). The zero-order chi connectivity index (χ0) is 25.7. The highest BCUT2D eigenvalue weighted by Crippen LogP contribution is 2.51. The zero-order valence-corrected chi connectivity index (χ0v) is 21.2. The Hall–Kier alpha value is -4.23. The number of hydrogen-bond donors (Lipinski definition) is 1. The van der Waals surface area contributed by atoms with Gasteiger partial charge in [0.25, 0.3) is 5.56 Å². The summed E-state index contributed by atoms with van der Waals surface area (Å²) in [5.41, 5.74) is 3.22. The molecule has 4 aromatic rings. The fourth-order valence-corrected chi connectivity index (χ4v) is 6.27. The van der Waals surface area contributed by atoms with Gasteiger partial charge < -0.3 is 19.3 Å². The van der Waals surface area contributed by atoms with Crippen molar-refractivity contribution in [2.75, 3.05) is 24.3 Å². The molecule has 2 aliphatic heterocycles. The number of ether oxygens (including phenoxy) is 1. The number of allylic oxidation sites excluding steroid dienone is 2. The van der Waals surface area contributed by atoms with Gasteiger partial charge in [-0.1, -0.05) is 48.5 Å². The van der Waals surface area contributed by atoms with Gasteiger partial charge in [0.05, 0.1) is 34.5 Å². The van der Waals surface area contributed by atoms with Gasteiger partial charge in [-0.15, -0.1) is 11.8 Å². The van der Waals surface area contributed by atoms with E-state index in [4.69, 9.17) is 4.74 Å². The molecule has 1 fully saturated rings. The number of hydrogen-bond acceptors (Lipinski definition) is 6.